The molecule has 0 aromatic heterocycles. The molecule has 1 aromatic carbocycles. The summed E-state index contributed by atoms with van der Waals surface area (Å²) in [6.45, 7) is 2.02. The minimum absolute atomic E-state index is 0.628. The maximum atomic E-state index is 10.9. The lowest BCUT2D eigenvalue weighted by Crippen LogP contribution is -2.30. The fourth-order valence-corrected chi connectivity index (χ4v) is 3.43. The van der Waals surface area contributed by atoms with Gasteiger partial charge in [0.15, 0.2) is 0 Å². The molecule has 1 atom stereocenters. The number of rotatable bonds is 4. The second-order valence-electron chi connectivity index (χ2n) is 6.49. The highest BCUT2D eigenvalue weighted by molar-refractivity contribution is 5.35. The van der Waals surface area contributed by atoms with Crippen molar-refractivity contribution in [1.82, 2.24) is 0 Å². The molecule has 18 heavy (non-hydrogen) atoms. The molecule has 0 amide bonds. The summed E-state index contributed by atoms with van der Waals surface area (Å²) in [5, 5.41) is 10.9. The number of hydrogen-bond acceptors (Lipinski definition) is 1. The van der Waals surface area contributed by atoms with E-state index in [0.717, 1.165) is 12.3 Å². The Hall–Kier alpha value is -0.820. The van der Waals surface area contributed by atoms with Gasteiger partial charge in [-0.25, -0.2) is 0 Å². The molecule has 2 aliphatic rings. The number of hydrogen-bond donors (Lipinski definition) is 1. The van der Waals surface area contributed by atoms with Gasteiger partial charge in [0.05, 0.1) is 5.60 Å². The van der Waals surface area contributed by atoms with Crippen LogP contribution in [0.2, 0.25) is 0 Å². The van der Waals surface area contributed by atoms with Gasteiger partial charge in [-0.05, 0) is 49.1 Å². The van der Waals surface area contributed by atoms with Crippen LogP contribution in [0, 0.1) is 5.92 Å². The van der Waals surface area contributed by atoms with Crippen LogP contribution >= 0.6 is 0 Å². The van der Waals surface area contributed by atoms with Crippen molar-refractivity contribution < 1.29 is 5.11 Å². The summed E-state index contributed by atoms with van der Waals surface area (Å²) in [7, 11) is 0. The van der Waals surface area contributed by atoms with E-state index in [2.05, 4.69) is 24.3 Å². The quantitative estimate of drug-likeness (QED) is 0.834. The molecule has 0 radical (unpaired) electrons. The Labute approximate surface area is 110 Å². The summed E-state index contributed by atoms with van der Waals surface area (Å²) in [4.78, 5) is 0. The zero-order chi connectivity index (χ0) is 12.6. The van der Waals surface area contributed by atoms with Gasteiger partial charge in [0.25, 0.3) is 0 Å². The molecule has 2 saturated carbocycles. The van der Waals surface area contributed by atoms with Gasteiger partial charge in [-0.3, -0.25) is 0 Å². The molecule has 2 fully saturated rings. The molecule has 0 bridgehead atoms. The van der Waals surface area contributed by atoms with E-state index in [1.807, 2.05) is 6.92 Å². The average molecular weight is 244 g/mol. The lowest BCUT2D eigenvalue weighted by atomic mass is 9.71. The molecule has 0 aliphatic heterocycles. The van der Waals surface area contributed by atoms with E-state index in [0.29, 0.717) is 5.92 Å². The Balaban J connectivity index is 1.84. The van der Waals surface area contributed by atoms with E-state index in [1.165, 1.54) is 49.7 Å². The maximum absolute atomic E-state index is 10.9. The molecular formula is C17H24O. The molecule has 3 rings (SSSR count). The Morgan fingerprint density at radius 1 is 1.11 bits per heavy atom. The monoisotopic (exact) mass is 244 g/mol. The van der Waals surface area contributed by atoms with Gasteiger partial charge in [0, 0.05) is 0 Å². The lowest BCUT2D eigenvalue weighted by molar-refractivity contribution is 0.0147. The van der Waals surface area contributed by atoms with E-state index in [-0.39, 0.29) is 0 Å². The third kappa shape index (κ3) is 2.21. The SMILES string of the molecule is CC(O)(CC1CCC1)c1ccccc1C1CCC1. The molecule has 0 saturated heterocycles. The van der Waals surface area contributed by atoms with E-state index < -0.39 is 5.60 Å². The van der Waals surface area contributed by atoms with Gasteiger partial charge in [-0.1, -0.05) is 49.9 Å². The van der Waals surface area contributed by atoms with Crippen molar-refractivity contribution in [2.75, 3.05) is 0 Å². The van der Waals surface area contributed by atoms with Crippen molar-refractivity contribution in [1.29, 1.82) is 0 Å². The van der Waals surface area contributed by atoms with Gasteiger partial charge in [-0.15, -0.1) is 0 Å². The molecule has 0 spiro atoms. The van der Waals surface area contributed by atoms with Crippen molar-refractivity contribution in [3.8, 4) is 0 Å². The number of aliphatic hydroxyl groups is 1. The van der Waals surface area contributed by atoms with Crippen LogP contribution in [0.3, 0.4) is 0 Å². The van der Waals surface area contributed by atoms with Gasteiger partial charge in [0.1, 0.15) is 0 Å². The van der Waals surface area contributed by atoms with Crippen molar-refractivity contribution in [3.63, 3.8) is 0 Å². The molecule has 0 heterocycles. The standard InChI is InChI=1S/C17H24O/c1-17(18,12-13-6-4-7-13)16-11-3-2-10-15(16)14-8-5-9-14/h2-3,10-11,13-14,18H,4-9,12H2,1H3. The third-order valence-corrected chi connectivity index (χ3v) is 5.00. The van der Waals surface area contributed by atoms with Gasteiger partial charge >= 0.3 is 0 Å². The molecule has 1 heteroatoms. The lowest BCUT2D eigenvalue weighted by Gasteiger charge is -2.37. The van der Waals surface area contributed by atoms with E-state index in [1.54, 1.807) is 0 Å². The first-order chi connectivity index (χ1) is 8.67. The van der Waals surface area contributed by atoms with Crippen LogP contribution in [-0.2, 0) is 5.60 Å². The zero-order valence-corrected chi connectivity index (χ0v) is 11.4. The molecule has 1 unspecified atom stereocenters. The van der Waals surface area contributed by atoms with Gasteiger partial charge in [-0.2, -0.15) is 0 Å². The van der Waals surface area contributed by atoms with Crippen LogP contribution < -0.4 is 0 Å². The largest absolute Gasteiger partial charge is 0.385 e. The first kappa shape index (κ1) is 12.2. The van der Waals surface area contributed by atoms with Crippen molar-refractivity contribution in [2.24, 2.45) is 5.92 Å². The minimum atomic E-state index is -0.628. The average Bonchev–Trinajstić information content (AvgIpc) is 2.22. The topological polar surface area (TPSA) is 20.2 Å². The van der Waals surface area contributed by atoms with E-state index in [4.69, 9.17) is 0 Å². The normalized spacial score (nSPS) is 24.1. The molecule has 1 aromatic rings. The second kappa shape index (κ2) is 4.70. The summed E-state index contributed by atoms with van der Waals surface area (Å²) in [5.74, 6) is 1.45. The molecule has 98 valence electrons. The van der Waals surface area contributed by atoms with Gasteiger partial charge < -0.3 is 5.11 Å². The van der Waals surface area contributed by atoms with E-state index in [9.17, 15) is 5.11 Å². The predicted octanol–water partition coefficient (Wildman–Crippen LogP) is 4.35. The Morgan fingerprint density at radius 3 is 2.33 bits per heavy atom. The fraction of sp³-hybridized carbons (Fsp3) is 0.647. The van der Waals surface area contributed by atoms with Crippen LogP contribution in [0.25, 0.3) is 0 Å². The zero-order valence-electron chi connectivity index (χ0n) is 11.4. The third-order valence-electron chi connectivity index (χ3n) is 5.00. The first-order valence-corrected chi connectivity index (χ1v) is 7.48. The summed E-state index contributed by atoms with van der Waals surface area (Å²) < 4.78 is 0. The molecule has 1 nitrogen and oxygen atoms in total. The van der Waals surface area contributed by atoms with E-state index >= 15 is 0 Å². The summed E-state index contributed by atoms with van der Waals surface area (Å²) in [6.07, 6.45) is 8.86. The first-order valence-electron chi connectivity index (χ1n) is 7.48. The summed E-state index contributed by atoms with van der Waals surface area (Å²) >= 11 is 0. The van der Waals surface area contributed by atoms with Crippen molar-refractivity contribution >= 4 is 0 Å². The minimum Gasteiger partial charge on any atom is -0.385 e. The second-order valence-corrected chi connectivity index (χ2v) is 6.49. The van der Waals surface area contributed by atoms with Crippen LogP contribution in [0.15, 0.2) is 24.3 Å². The molecule has 2 aliphatic carbocycles. The summed E-state index contributed by atoms with van der Waals surface area (Å²) in [6, 6.07) is 8.57. The van der Waals surface area contributed by atoms with Crippen LogP contribution in [-0.4, -0.2) is 5.11 Å². The predicted molar refractivity (Wildman–Crippen MR) is 74.6 cm³/mol. The Kier molecular flexibility index (Phi) is 3.19. The molecular weight excluding hydrogens is 220 g/mol. The molecule has 1 N–H and O–H groups in total. The highest BCUT2D eigenvalue weighted by Crippen LogP contribution is 2.44. The Morgan fingerprint density at radius 2 is 1.78 bits per heavy atom. The van der Waals surface area contributed by atoms with Crippen LogP contribution in [0.4, 0.5) is 0 Å². The number of benzene rings is 1. The van der Waals surface area contributed by atoms with Crippen molar-refractivity contribution in [3.05, 3.63) is 35.4 Å². The fourth-order valence-electron chi connectivity index (χ4n) is 3.43. The smallest absolute Gasteiger partial charge is 0.0873 e. The maximum Gasteiger partial charge on any atom is 0.0873 e. The van der Waals surface area contributed by atoms with Crippen LogP contribution in [0.5, 0.6) is 0 Å². The van der Waals surface area contributed by atoms with Crippen molar-refractivity contribution in [2.45, 2.75) is 63.4 Å². The highest BCUT2D eigenvalue weighted by Gasteiger charge is 2.34. The highest BCUT2D eigenvalue weighted by atomic mass is 16.3. The Bertz CT molecular complexity index is 413. The summed E-state index contributed by atoms with van der Waals surface area (Å²) in [5.41, 5.74) is 1.98. The van der Waals surface area contributed by atoms with Crippen LogP contribution in [0.1, 0.15) is 68.9 Å². The van der Waals surface area contributed by atoms with Gasteiger partial charge in [0.2, 0.25) is 0 Å².